The number of hydrogen-bond donors (Lipinski definition) is 1. The number of urea groups is 1. The van der Waals surface area contributed by atoms with Gasteiger partial charge in [0.2, 0.25) is 0 Å². The summed E-state index contributed by atoms with van der Waals surface area (Å²) in [5, 5.41) is 3.64. The molecule has 2 amide bonds. The number of carbonyl (C=O) groups excluding carboxylic acids is 1. The number of nitrogens with one attached hydrogen (secondary N) is 1. The zero-order chi connectivity index (χ0) is 17.8. The molecule has 1 N–H and O–H groups in total. The number of likely N-dealkylation sites (tertiary alicyclic amines) is 1. The molecule has 3 rings (SSSR count). The second-order valence-corrected chi connectivity index (χ2v) is 6.37. The molecule has 5 nitrogen and oxygen atoms in total. The van der Waals surface area contributed by atoms with Crippen molar-refractivity contribution >= 4 is 23.3 Å². The molecule has 1 aliphatic heterocycles. The molecule has 132 valence electrons. The first-order valence-electron chi connectivity index (χ1n) is 8.17. The van der Waals surface area contributed by atoms with Crippen LogP contribution in [0.2, 0.25) is 5.02 Å². The summed E-state index contributed by atoms with van der Waals surface area (Å²) in [6.07, 6.45) is 1.92. The van der Waals surface area contributed by atoms with Gasteiger partial charge < -0.3 is 19.7 Å². The SMILES string of the molecule is COc1cc(NC(=O)N2CCCC2c2ccc(Cl)cc2)cc(OC)c1. The molecule has 2 aromatic carbocycles. The van der Waals surface area contributed by atoms with E-state index in [9.17, 15) is 4.79 Å². The van der Waals surface area contributed by atoms with E-state index >= 15 is 0 Å². The van der Waals surface area contributed by atoms with Gasteiger partial charge in [0.25, 0.3) is 0 Å². The molecule has 0 aromatic heterocycles. The van der Waals surface area contributed by atoms with Crippen LogP contribution in [-0.2, 0) is 0 Å². The van der Waals surface area contributed by atoms with E-state index in [0.717, 1.165) is 24.9 Å². The lowest BCUT2D eigenvalue weighted by Gasteiger charge is -2.25. The quantitative estimate of drug-likeness (QED) is 0.857. The first kappa shape index (κ1) is 17.4. The molecule has 1 aliphatic rings. The summed E-state index contributed by atoms with van der Waals surface area (Å²) in [6.45, 7) is 0.722. The van der Waals surface area contributed by atoms with E-state index < -0.39 is 0 Å². The first-order valence-corrected chi connectivity index (χ1v) is 8.54. The molecule has 0 saturated carbocycles. The van der Waals surface area contributed by atoms with Crippen molar-refractivity contribution in [2.75, 3.05) is 26.1 Å². The maximum absolute atomic E-state index is 12.8. The third kappa shape index (κ3) is 3.99. The summed E-state index contributed by atoms with van der Waals surface area (Å²) in [6, 6.07) is 12.9. The normalized spacial score (nSPS) is 16.6. The number of halogens is 1. The van der Waals surface area contributed by atoms with Crippen molar-refractivity contribution in [2.24, 2.45) is 0 Å². The van der Waals surface area contributed by atoms with Crippen LogP contribution in [0.5, 0.6) is 11.5 Å². The van der Waals surface area contributed by atoms with Crippen LogP contribution in [0.3, 0.4) is 0 Å². The van der Waals surface area contributed by atoms with Crippen LogP contribution < -0.4 is 14.8 Å². The van der Waals surface area contributed by atoms with Gasteiger partial charge in [0.15, 0.2) is 0 Å². The number of carbonyl (C=O) groups is 1. The smallest absolute Gasteiger partial charge is 0.322 e. The highest BCUT2D eigenvalue weighted by Crippen LogP contribution is 2.33. The highest BCUT2D eigenvalue weighted by atomic mass is 35.5. The third-order valence-electron chi connectivity index (χ3n) is 4.37. The summed E-state index contributed by atoms with van der Waals surface area (Å²) >= 11 is 5.97. The second kappa shape index (κ2) is 7.66. The average molecular weight is 361 g/mol. The predicted molar refractivity (Wildman–Crippen MR) is 98.7 cm³/mol. The maximum Gasteiger partial charge on any atom is 0.322 e. The van der Waals surface area contributed by atoms with E-state index in [-0.39, 0.29) is 12.1 Å². The fourth-order valence-electron chi connectivity index (χ4n) is 3.12. The Morgan fingerprint density at radius 2 is 1.76 bits per heavy atom. The van der Waals surface area contributed by atoms with Crippen molar-refractivity contribution in [1.29, 1.82) is 0 Å². The lowest BCUT2D eigenvalue weighted by molar-refractivity contribution is 0.207. The van der Waals surface area contributed by atoms with Crippen molar-refractivity contribution in [2.45, 2.75) is 18.9 Å². The Kier molecular flexibility index (Phi) is 5.34. The molecule has 0 radical (unpaired) electrons. The van der Waals surface area contributed by atoms with E-state index in [4.69, 9.17) is 21.1 Å². The summed E-state index contributed by atoms with van der Waals surface area (Å²) in [7, 11) is 3.16. The van der Waals surface area contributed by atoms with Crippen LogP contribution in [0.4, 0.5) is 10.5 Å². The number of hydrogen-bond acceptors (Lipinski definition) is 3. The number of nitrogens with zero attached hydrogens (tertiary/aromatic N) is 1. The van der Waals surface area contributed by atoms with Crippen molar-refractivity contribution in [1.82, 2.24) is 4.90 Å². The van der Waals surface area contributed by atoms with Gasteiger partial charge in [-0.15, -0.1) is 0 Å². The minimum Gasteiger partial charge on any atom is -0.497 e. The monoisotopic (exact) mass is 360 g/mol. The van der Waals surface area contributed by atoms with Gasteiger partial charge in [-0.25, -0.2) is 4.79 Å². The Labute approximate surface area is 152 Å². The van der Waals surface area contributed by atoms with Gasteiger partial charge in [0.1, 0.15) is 11.5 Å². The molecular weight excluding hydrogens is 340 g/mol. The Morgan fingerprint density at radius 3 is 2.36 bits per heavy atom. The lowest BCUT2D eigenvalue weighted by atomic mass is 10.1. The molecule has 2 aromatic rings. The van der Waals surface area contributed by atoms with E-state index in [1.807, 2.05) is 29.2 Å². The number of anilines is 1. The number of amides is 2. The third-order valence-corrected chi connectivity index (χ3v) is 4.62. The largest absolute Gasteiger partial charge is 0.497 e. The molecule has 1 fully saturated rings. The molecule has 6 heteroatoms. The van der Waals surface area contributed by atoms with Gasteiger partial charge in [-0.05, 0) is 30.5 Å². The summed E-state index contributed by atoms with van der Waals surface area (Å²) in [5.41, 5.74) is 1.74. The van der Waals surface area contributed by atoms with Crippen LogP contribution in [0.25, 0.3) is 0 Å². The lowest BCUT2D eigenvalue weighted by Crippen LogP contribution is -2.34. The zero-order valence-corrected chi connectivity index (χ0v) is 15.0. The average Bonchev–Trinajstić information content (AvgIpc) is 3.11. The number of methoxy groups -OCH3 is 2. The molecule has 1 saturated heterocycles. The van der Waals surface area contributed by atoms with Gasteiger partial charge in [-0.2, -0.15) is 0 Å². The van der Waals surface area contributed by atoms with E-state index in [2.05, 4.69) is 5.32 Å². The topological polar surface area (TPSA) is 50.8 Å². The van der Waals surface area contributed by atoms with Crippen molar-refractivity contribution in [3.8, 4) is 11.5 Å². The number of rotatable bonds is 4. The van der Waals surface area contributed by atoms with Crippen LogP contribution in [-0.4, -0.2) is 31.7 Å². The number of ether oxygens (including phenoxy) is 2. The molecule has 25 heavy (non-hydrogen) atoms. The molecule has 1 unspecified atom stereocenters. The highest BCUT2D eigenvalue weighted by Gasteiger charge is 2.30. The van der Waals surface area contributed by atoms with Crippen molar-refractivity contribution in [3.63, 3.8) is 0 Å². The predicted octanol–water partition coefficient (Wildman–Crippen LogP) is 4.73. The molecular formula is C19H21ClN2O3. The second-order valence-electron chi connectivity index (χ2n) is 5.93. The molecule has 0 spiro atoms. The van der Waals surface area contributed by atoms with E-state index in [0.29, 0.717) is 22.2 Å². The summed E-state index contributed by atoms with van der Waals surface area (Å²) < 4.78 is 10.5. The van der Waals surface area contributed by atoms with Gasteiger partial charge >= 0.3 is 6.03 Å². The Balaban J connectivity index is 1.77. The Bertz CT molecular complexity index is 727. The van der Waals surface area contributed by atoms with Gasteiger partial charge in [0, 0.05) is 35.5 Å². The Hall–Kier alpha value is -2.40. The Morgan fingerprint density at radius 1 is 1.12 bits per heavy atom. The highest BCUT2D eigenvalue weighted by molar-refractivity contribution is 6.30. The summed E-state index contributed by atoms with van der Waals surface area (Å²) in [4.78, 5) is 14.6. The fourth-order valence-corrected chi connectivity index (χ4v) is 3.24. The first-order chi connectivity index (χ1) is 12.1. The van der Waals surface area contributed by atoms with Crippen LogP contribution in [0.1, 0.15) is 24.4 Å². The van der Waals surface area contributed by atoms with E-state index in [1.54, 1.807) is 32.4 Å². The van der Waals surface area contributed by atoms with Crippen molar-refractivity contribution in [3.05, 3.63) is 53.1 Å². The van der Waals surface area contributed by atoms with Gasteiger partial charge in [0.05, 0.1) is 20.3 Å². The number of benzene rings is 2. The fraction of sp³-hybridized carbons (Fsp3) is 0.316. The van der Waals surface area contributed by atoms with Gasteiger partial charge in [-0.1, -0.05) is 23.7 Å². The van der Waals surface area contributed by atoms with Crippen LogP contribution >= 0.6 is 11.6 Å². The molecule has 1 heterocycles. The van der Waals surface area contributed by atoms with Crippen LogP contribution in [0, 0.1) is 0 Å². The van der Waals surface area contributed by atoms with Crippen molar-refractivity contribution < 1.29 is 14.3 Å². The summed E-state index contributed by atoms with van der Waals surface area (Å²) in [5.74, 6) is 1.26. The van der Waals surface area contributed by atoms with E-state index in [1.165, 1.54) is 0 Å². The molecule has 0 aliphatic carbocycles. The maximum atomic E-state index is 12.8. The minimum atomic E-state index is -0.132. The molecule has 1 atom stereocenters. The minimum absolute atomic E-state index is 0.0600. The molecule has 0 bridgehead atoms. The van der Waals surface area contributed by atoms with Gasteiger partial charge in [-0.3, -0.25) is 0 Å². The zero-order valence-electron chi connectivity index (χ0n) is 14.3. The standard InChI is InChI=1S/C19H21ClN2O3/c1-24-16-10-15(11-17(12-16)25-2)21-19(23)22-9-3-4-18(22)13-5-7-14(20)8-6-13/h5-8,10-12,18H,3-4,9H2,1-2H3,(H,21,23). The van der Waals surface area contributed by atoms with Crippen LogP contribution in [0.15, 0.2) is 42.5 Å².